The molecule has 1 unspecified atom stereocenters. The minimum absolute atomic E-state index is 0.173. The van der Waals surface area contributed by atoms with Gasteiger partial charge < -0.3 is 10.1 Å². The molecule has 2 rings (SSSR count). The monoisotopic (exact) mass is 266 g/mol. The van der Waals surface area contributed by atoms with Crippen LogP contribution in [-0.4, -0.2) is 6.04 Å². The van der Waals surface area contributed by atoms with E-state index >= 15 is 0 Å². The summed E-state index contributed by atoms with van der Waals surface area (Å²) in [6.07, 6.45) is 1.41. The van der Waals surface area contributed by atoms with Crippen molar-refractivity contribution in [2.75, 3.05) is 5.32 Å². The van der Waals surface area contributed by atoms with E-state index in [1.165, 1.54) is 0 Å². The van der Waals surface area contributed by atoms with Crippen LogP contribution in [0.4, 0.5) is 5.69 Å². The zero-order valence-corrected chi connectivity index (χ0v) is 11.5. The molecule has 3 nitrogen and oxygen atoms in total. The van der Waals surface area contributed by atoms with Gasteiger partial charge in [-0.15, -0.1) is 0 Å². The molecule has 3 heteroatoms. The van der Waals surface area contributed by atoms with Crippen molar-refractivity contribution >= 4 is 5.69 Å². The maximum absolute atomic E-state index is 8.78. The lowest BCUT2D eigenvalue weighted by atomic mass is 10.1. The summed E-state index contributed by atoms with van der Waals surface area (Å²) >= 11 is 0. The fourth-order valence-electron chi connectivity index (χ4n) is 1.92. The second kappa shape index (κ2) is 7.20. The maximum atomic E-state index is 8.78. The van der Waals surface area contributed by atoms with Gasteiger partial charge >= 0.3 is 0 Å². The second-order valence-corrected chi connectivity index (χ2v) is 4.55. The minimum atomic E-state index is 0.173. The third-order valence-corrected chi connectivity index (χ3v) is 3.01. The van der Waals surface area contributed by atoms with Gasteiger partial charge in [-0.3, -0.25) is 0 Å². The summed E-state index contributed by atoms with van der Waals surface area (Å²) in [6, 6.07) is 19.9. The summed E-state index contributed by atoms with van der Waals surface area (Å²) in [7, 11) is 0. The van der Waals surface area contributed by atoms with Crippen LogP contribution in [0.25, 0.3) is 0 Å². The fourth-order valence-corrected chi connectivity index (χ4v) is 1.92. The van der Waals surface area contributed by atoms with E-state index in [0.717, 1.165) is 23.6 Å². The predicted octanol–water partition coefficient (Wildman–Crippen LogP) is 4.58. The quantitative estimate of drug-likeness (QED) is 0.832. The summed E-state index contributed by atoms with van der Waals surface area (Å²) in [4.78, 5) is 0. The first-order valence-electron chi connectivity index (χ1n) is 6.78. The Kier molecular flexibility index (Phi) is 5.02. The zero-order chi connectivity index (χ0) is 14.2. The Morgan fingerprint density at radius 1 is 1.10 bits per heavy atom. The molecule has 20 heavy (non-hydrogen) atoms. The molecule has 0 radical (unpaired) electrons. The Morgan fingerprint density at radius 3 is 2.55 bits per heavy atom. The molecule has 0 heterocycles. The smallest absolute Gasteiger partial charge is 0.129 e. The van der Waals surface area contributed by atoms with E-state index in [-0.39, 0.29) is 6.04 Å². The molecule has 0 saturated heterocycles. The van der Waals surface area contributed by atoms with Crippen LogP contribution in [-0.2, 0) is 0 Å². The van der Waals surface area contributed by atoms with Gasteiger partial charge in [-0.2, -0.15) is 5.26 Å². The number of hydrogen-bond acceptors (Lipinski definition) is 3. The van der Waals surface area contributed by atoms with Crippen molar-refractivity contribution in [3.63, 3.8) is 0 Å². The highest BCUT2D eigenvalue weighted by Gasteiger charge is 2.06. The fraction of sp³-hybridized carbons (Fsp3) is 0.235. The molecule has 0 bridgehead atoms. The van der Waals surface area contributed by atoms with Crippen LogP contribution in [0.3, 0.4) is 0 Å². The van der Waals surface area contributed by atoms with Crippen LogP contribution >= 0.6 is 0 Å². The molecule has 0 aliphatic rings. The standard InChI is InChI=1S/C17H18N2O/c1-2-14(11-12-18)19-15-7-6-10-17(13-15)20-16-8-4-3-5-9-16/h3-10,13-14,19H,2,11H2,1H3. The van der Waals surface area contributed by atoms with Gasteiger partial charge in [-0.1, -0.05) is 31.2 Å². The van der Waals surface area contributed by atoms with E-state index in [9.17, 15) is 0 Å². The highest BCUT2D eigenvalue weighted by atomic mass is 16.5. The minimum Gasteiger partial charge on any atom is -0.457 e. The molecule has 0 spiro atoms. The van der Waals surface area contributed by atoms with Crippen molar-refractivity contribution in [2.45, 2.75) is 25.8 Å². The molecular formula is C17H18N2O. The molecule has 1 atom stereocenters. The van der Waals surface area contributed by atoms with E-state index in [1.807, 2.05) is 54.6 Å². The Morgan fingerprint density at radius 2 is 1.85 bits per heavy atom. The van der Waals surface area contributed by atoms with Gasteiger partial charge in [0.15, 0.2) is 0 Å². The molecule has 0 amide bonds. The number of nitrogens with zero attached hydrogens (tertiary/aromatic N) is 1. The maximum Gasteiger partial charge on any atom is 0.129 e. The first kappa shape index (κ1) is 14.0. The summed E-state index contributed by atoms with van der Waals surface area (Å²) in [5, 5.41) is 12.1. The van der Waals surface area contributed by atoms with Crippen molar-refractivity contribution in [1.82, 2.24) is 0 Å². The van der Waals surface area contributed by atoms with Crippen LogP contribution in [0.2, 0.25) is 0 Å². The summed E-state index contributed by atoms with van der Waals surface area (Å²) in [5.41, 5.74) is 0.973. The number of para-hydroxylation sites is 1. The number of nitrogens with one attached hydrogen (secondary N) is 1. The Balaban J connectivity index is 2.06. The van der Waals surface area contributed by atoms with Gasteiger partial charge in [0.05, 0.1) is 12.5 Å². The third kappa shape index (κ3) is 4.03. The largest absolute Gasteiger partial charge is 0.457 e. The number of benzene rings is 2. The second-order valence-electron chi connectivity index (χ2n) is 4.55. The molecule has 0 aromatic heterocycles. The lowest BCUT2D eigenvalue weighted by molar-refractivity contribution is 0.483. The van der Waals surface area contributed by atoms with Crippen molar-refractivity contribution in [3.05, 3.63) is 54.6 Å². The molecule has 2 aromatic rings. The lowest BCUT2D eigenvalue weighted by Crippen LogP contribution is -2.17. The normalized spacial score (nSPS) is 11.4. The van der Waals surface area contributed by atoms with Gasteiger partial charge in [0.25, 0.3) is 0 Å². The Bertz CT molecular complexity index is 575. The summed E-state index contributed by atoms with van der Waals surface area (Å²) in [6.45, 7) is 2.07. The number of nitriles is 1. The van der Waals surface area contributed by atoms with E-state index in [4.69, 9.17) is 10.00 Å². The van der Waals surface area contributed by atoms with Gasteiger partial charge in [-0.25, -0.2) is 0 Å². The van der Waals surface area contributed by atoms with Gasteiger partial charge in [0.1, 0.15) is 11.5 Å². The molecule has 102 valence electrons. The number of anilines is 1. The van der Waals surface area contributed by atoms with Crippen molar-refractivity contribution in [1.29, 1.82) is 5.26 Å². The van der Waals surface area contributed by atoms with Gasteiger partial charge in [-0.05, 0) is 30.7 Å². The van der Waals surface area contributed by atoms with Crippen LogP contribution in [0, 0.1) is 11.3 Å². The van der Waals surface area contributed by atoms with Crippen LogP contribution in [0.15, 0.2) is 54.6 Å². The van der Waals surface area contributed by atoms with Crippen LogP contribution < -0.4 is 10.1 Å². The van der Waals surface area contributed by atoms with E-state index in [2.05, 4.69) is 18.3 Å². The first-order chi connectivity index (χ1) is 9.81. The SMILES string of the molecule is CCC(CC#N)Nc1cccc(Oc2ccccc2)c1. The van der Waals surface area contributed by atoms with Crippen molar-refractivity contribution < 1.29 is 4.74 Å². The summed E-state index contributed by atoms with van der Waals surface area (Å²) < 4.78 is 5.79. The Labute approximate surface area is 119 Å². The molecule has 2 aromatic carbocycles. The molecule has 0 fully saturated rings. The number of hydrogen-bond donors (Lipinski definition) is 1. The highest BCUT2D eigenvalue weighted by molar-refractivity contribution is 5.49. The predicted molar refractivity (Wildman–Crippen MR) is 80.9 cm³/mol. The van der Waals surface area contributed by atoms with E-state index in [0.29, 0.717) is 6.42 Å². The van der Waals surface area contributed by atoms with E-state index < -0.39 is 0 Å². The molecular weight excluding hydrogens is 248 g/mol. The van der Waals surface area contributed by atoms with E-state index in [1.54, 1.807) is 0 Å². The van der Waals surface area contributed by atoms with Gasteiger partial charge in [0.2, 0.25) is 0 Å². The van der Waals surface area contributed by atoms with Crippen molar-refractivity contribution in [3.8, 4) is 17.6 Å². The van der Waals surface area contributed by atoms with Crippen LogP contribution in [0.1, 0.15) is 19.8 Å². The Hall–Kier alpha value is -2.47. The number of rotatable bonds is 6. The van der Waals surface area contributed by atoms with Crippen LogP contribution in [0.5, 0.6) is 11.5 Å². The topological polar surface area (TPSA) is 45.0 Å². The third-order valence-electron chi connectivity index (χ3n) is 3.01. The first-order valence-corrected chi connectivity index (χ1v) is 6.78. The molecule has 0 saturated carbocycles. The average molecular weight is 266 g/mol. The number of ether oxygens (including phenoxy) is 1. The molecule has 0 aliphatic heterocycles. The average Bonchev–Trinajstić information content (AvgIpc) is 2.48. The van der Waals surface area contributed by atoms with Crippen molar-refractivity contribution in [2.24, 2.45) is 0 Å². The lowest BCUT2D eigenvalue weighted by Gasteiger charge is -2.16. The summed E-state index contributed by atoms with van der Waals surface area (Å²) in [5.74, 6) is 1.60. The zero-order valence-electron chi connectivity index (χ0n) is 11.5. The van der Waals surface area contributed by atoms with Gasteiger partial charge in [0, 0.05) is 17.8 Å². The molecule has 1 N–H and O–H groups in total. The molecule has 0 aliphatic carbocycles. The highest BCUT2D eigenvalue weighted by Crippen LogP contribution is 2.24.